The molecular formula is C44H39Cl3N6O6. The molecule has 2 heterocycles. The summed E-state index contributed by atoms with van der Waals surface area (Å²) in [5.74, 6) is -1.13. The quantitative estimate of drug-likeness (QED) is 0.0621. The van der Waals surface area contributed by atoms with E-state index >= 15 is 0 Å². The predicted octanol–water partition coefficient (Wildman–Crippen LogP) is 7.57. The second-order valence-corrected chi connectivity index (χ2v) is 15.3. The van der Waals surface area contributed by atoms with Crippen molar-refractivity contribution >= 4 is 46.7 Å². The number of carbonyl (C=O) groups excluding carboxylic acids is 1. The number of aliphatic carboxylic acids is 1. The number of nitrogens with zero attached hydrogens (tertiary/aromatic N) is 3. The molecule has 0 aliphatic carbocycles. The van der Waals surface area contributed by atoms with Crippen LogP contribution in [0.25, 0.3) is 22.3 Å². The molecule has 1 saturated heterocycles. The summed E-state index contributed by atoms with van der Waals surface area (Å²) in [4.78, 5) is 27.9. The number of hydrogen-bond acceptors (Lipinski definition) is 10. The van der Waals surface area contributed by atoms with Crippen molar-refractivity contribution in [3.63, 3.8) is 0 Å². The molecule has 5 aromatic rings. The van der Waals surface area contributed by atoms with Crippen LogP contribution in [0.4, 0.5) is 0 Å². The Morgan fingerprint density at radius 1 is 0.864 bits per heavy atom. The number of aliphatic hydroxyl groups is 1. The van der Waals surface area contributed by atoms with Crippen LogP contribution in [0.15, 0.2) is 84.9 Å². The minimum absolute atomic E-state index is 0.00233. The van der Waals surface area contributed by atoms with E-state index in [1.54, 1.807) is 18.2 Å². The van der Waals surface area contributed by atoms with Gasteiger partial charge in [0.25, 0.3) is 0 Å². The van der Waals surface area contributed by atoms with E-state index in [1.807, 2.05) is 66.7 Å². The van der Waals surface area contributed by atoms with Gasteiger partial charge in [-0.3, -0.25) is 14.9 Å². The number of ether oxygens (including phenoxy) is 2. The average molecular weight is 854 g/mol. The van der Waals surface area contributed by atoms with E-state index in [0.717, 1.165) is 28.7 Å². The van der Waals surface area contributed by atoms with Gasteiger partial charge >= 0.3 is 5.97 Å². The van der Waals surface area contributed by atoms with Gasteiger partial charge in [0.15, 0.2) is 0 Å². The first-order valence-electron chi connectivity index (χ1n) is 18.6. The van der Waals surface area contributed by atoms with Gasteiger partial charge in [0, 0.05) is 59.9 Å². The topological polar surface area (TPSA) is 190 Å². The number of nitriles is 2. The lowest BCUT2D eigenvalue weighted by atomic mass is 9.97. The molecule has 0 unspecified atom stereocenters. The van der Waals surface area contributed by atoms with Crippen molar-refractivity contribution in [3.05, 3.63) is 133 Å². The molecule has 2 atom stereocenters. The highest BCUT2D eigenvalue weighted by Gasteiger charge is 2.32. The van der Waals surface area contributed by atoms with Gasteiger partial charge in [0.1, 0.15) is 23.8 Å². The third kappa shape index (κ3) is 10.5. The van der Waals surface area contributed by atoms with Gasteiger partial charge in [-0.1, -0.05) is 95.5 Å². The highest BCUT2D eigenvalue weighted by Crippen LogP contribution is 2.41. The molecular weight excluding hydrogens is 815 g/mol. The molecule has 59 heavy (non-hydrogen) atoms. The van der Waals surface area contributed by atoms with Crippen molar-refractivity contribution in [1.29, 1.82) is 10.5 Å². The molecule has 0 radical (unpaired) electrons. The van der Waals surface area contributed by atoms with Crippen LogP contribution in [0.3, 0.4) is 0 Å². The molecule has 5 N–H and O–H groups in total. The van der Waals surface area contributed by atoms with Gasteiger partial charge in [-0.25, -0.2) is 0 Å². The molecule has 6 rings (SSSR count). The summed E-state index contributed by atoms with van der Waals surface area (Å²) in [5.41, 5.74) is 4.64. The number of nitrogens with one attached hydrogen (secondary N) is 3. The van der Waals surface area contributed by atoms with Gasteiger partial charge in [0.2, 0.25) is 17.7 Å². The molecule has 1 aromatic heterocycles. The van der Waals surface area contributed by atoms with Crippen LogP contribution < -0.4 is 25.4 Å². The summed E-state index contributed by atoms with van der Waals surface area (Å²) in [7, 11) is 0. The van der Waals surface area contributed by atoms with E-state index in [4.69, 9.17) is 44.3 Å². The van der Waals surface area contributed by atoms with E-state index in [9.17, 15) is 30.3 Å². The van der Waals surface area contributed by atoms with Crippen LogP contribution in [0.2, 0.25) is 15.1 Å². The number of amides is 1. The Balaban J connectivity index is 1.20. The fourth-order valence-corrected chi connectivity index (χ4v) is 7.27. The second-order valence-electron chi connectivity index (χ2n) is 14.2. The van der Waals surface area contributed by atoms with Gasteiger partial charge < -0.3 is 30.3 Å². The maximum atomic E-state index is 11.9. The van der Waals surface area contributed by atoms with Crippen LogP contribution in [0, 0.1) is 22.7 Å². The van der Waals surface area contributed by atoms with E-state index in [2.05, 4.69) is 20.9 Å². The van der Waals surface area contributed by atoms with Crippen molar-refractivity contribution in [1.82, 2.24) is 20.9 Å². The largest absolute Gasteiger partial charge is 0.480 e. The second kappa shape index (κ2) is 19.4. The number of aliphatic hydroxyl groups excluding tert-OH is 1. The van der Waals surface area contributed by atoms with Crippen molar-refractivity contribution in [2.24, 2.45) is 0 Å². The lowest BCUT2D eigenvalue weighted by molar-refractivity contribution is -0.146. The molecule has 1 fully saturated rings. The smallest absolute Gasteiger partial charge is 0.326 e. The highest BCUT2D eigenvalue weighted by molar-refractivity contribution is 6.38. The summed E-state index contributed by atoms with van der Waals surface area (Å²) < 4.78 is 12.2. The Morgan fingerprint density at radius 3 is 2.17 bits per heavy atom. The highest BCUT2D eigenvalue weighted by atomic mass is 35.5. The molecule has 302 valence electrons. The number of pyridine rings is 1. The van der Waals surface area contributed by atoms with Gasteiger partial charge in [-0.2, -0.15) is 15.5 Å². The number of aromatic nitrogens is 1. The summed E-state index contributed by atoms with van der Waals surface area (Å²) in [6, 6.07) is 29.7. The lowest BCUT2D eigenvalue weighted by Gasteiger charge is -2.24. The van der Waals surface area contributed by atoms with Crippen LogP contribution in [-0.2, 0) is 35.9 Å². The summed E-state index contributed by atoms with van der Waals surface area (Å²) in [5, 5.41) is 48.5. The average Bonchev–Trinajstić information content (AvgIpc) is 3.66. The van der Waals surface area contributed by atoms with Gasteiger partial charge in [0.05, 0.1) is 39.9 Å². The molecule has 15 heteroatoms. The minimum atomic E-state index is -1.68. The maximum absolute atomic E-state index is 11.9. The van der Waals surface area contributed by atoms with Gasteiger partial charge in [-0.15, -0.1) is 0 Å². The summed E-state index contributed by atoms with van der Waals surface area (Å²) >= 11 is 20.7. The van der Waals surface area contributed by atoms with Crippen molar-refractivity contribution in [2.75, 3.05) is 13.2 Å². The predicted molar refractivity (Wildman–Crippen MR) is 224 cm³/mol. The minimum Gasteiger partial charge on any atom is -0.480 e. The van der Waals surface area contributed by atoms with Crippen LogP contribution in [-0.4, -0.2) is 51.8 Å². The Kier molecular flexibility index (Phi) is 14.1. The first-order valence-corrected chi connectivity index (χ1v) is 19.7. The number of carboxylic acid groups (broad SMARTS) is 1. The molecule has 0 saturated carbocycles. The number of carbonyl (C=O) groups is 2. The SMILES string of the molecule is C[C@@](CO)(NCc1cc(Cl)c(OCc2cccc(-c3cccc(-c4ccc(CNC[C@@H]5CCC(=O)N5)cc4)c3Cl)c2Cl)nc1OCc1cc(C#N)cc(C#N)c1)C(=O)O. The maximum Gasteiger partial charge on any atom is 0.326 e. The molecule has 1 amide bonds. The van der Waals surface area contributed by atoms with Gasteiger partial charge in [-0.05, 0) is 54.3 Å². The van der Waals surface area contributed by atoms with Crippen molar-refractivity contribution in [3.8, 4) is 46.2 Å². The first-order chi connectivity index (χ1) is 28.4. The normalized spacial score (nSPS) is 14.5. The monoisotopic (exact) mass is 852 g/mol. The summed E-state index contributed by atoms with van der Waals surface area (Å²) in [6.45, 7) is 1.77. The number of hydrogen-bond donors (Lipinski definition) is 5. The Hall–Kier alpha value is -5.70. The molecule has 12 nitrogen and oxygen atoms in total. The number of halogens is 3. The number of benzene rings is 4. The van der Waals surface area contributed by atoms with E-state index in [1.165, 1.54) is 19.1 Å². The Morgan fingerprint density at radius 2 is 1.53 bits per heavy atom. The molecule has 0 bridgehead atoms. The van der Waals surface area contributed by atoms with Crippen LogP contribution in [0.1, 0.15) is 53.1 Å². The van der Waals surface area contributed by atoms with E-state index in [0.29, 0.717) is 51.8 Å². The van der Waals surface area contributed by atoms with Crippen molar-refractivity contribution in [2.45, 2.75) is 57.6 Å². The molecule has 0 spiro atoms. The Bertz CT molecular complexity index is 2420. The van der Waals surface area contributed by atoms with E-state index in [-0.39, 0.29) is 59.6 Å². The fourth-order valence-electron chi connectivity index (χ4n) is 6.42. The Labute approximate surface area is 356 Å². The summed E-state index contributed by atoms with van der Waals surface area (Å²) in [6.07, 6.45) is 1.41. The first kappa shape index (κ1) is 42.9. The zero-order valence-electron chi connectivity index (χ0n) is 31.8. The molecule has 1 aliphatic rings. The van der Waals surface area contributed by atoms with Crippen molar-refractivity contribution < 1.29 is 29.3 Å². The van der Waals surface area contributed by atoms with E-state index < -0.39 is 18.1 Å². The zero-order valence-corrected chi connectivity index (χ0v) is 34.1. The standard InChI is InChI=1S/C44H39Cl3N6O6/c1-44(25-54,43(56)57)51-21-32-17-37(45)42(53-41(32)58-23-29-15-27(18-48)14-28(16-29)19-49)59-24-31-4-2-6-35(39(31)46)36-7-3-5-34(40(36)47)30-10-8-26(9-11-30)20-50-22-33-12-13-38(55)52-33/h2-11,14-17,33,50-51,54H,12-13,20-25H2,1H3,(H,52,55)(H,56,57)/t33-,44-/m0/s1. The van der Waals surface area contributed by atoms with Crippen LogP contribution in [0.5, 0.6) is 11.8 Å². The lowest BCUT2D eigenvalue weighted by Crippen LogP contribution is -2.52. The third-order valence-corrected chi connectivity index (χ3v) is 11.0. The zero-order chi connectivity index (χ0) is 42.1. The van der Waals surface area contributed by atoms with Crippen LogP contribution >= 0.6 is 34.8 Å². The third-order valence-electron chi connectivity index (χ3n) is 9.87. The fraction of sp³-hybridized carbons (Fsp3) is 0.250. The molecule has 1 aliphatic heterocycles. The molecule has 4 aromatic carbocycles. The number of rotatable bonds is 17. The number of carboxylic acids is 1.